The third-order valence-electron chi connectivity index (χ3n) is 3.37. The predicted molar refractivity (Wildman–Crippen MR) is 68.6 cm³/mol. The average Bonchev–Trinajstić information content (AvgIpc) is 2.82. The van der Waals surface area contributed by atoms with E-state index in [-0.39, 0.29) is 5.82 Å². The average molecular weight is 236 g/mol. The zero-order chi connectivity index (χ0) is 11.9. The first-order valence-electron chi connectivity index (χ1n) is 6.50. The van der Waals surface area contributed by atoms with Gasteiger partial charge in [-0.3, -0.25) is 0 Å². The van der Waals surface area contributed by atoms with Crippen molar-refractivity contribution in [3.63, 3.8) is 0 Å². The number of halogens is 1. The number of rotatable bonds is 6. The highest BCUT2D eigenvalue weighted by Crippen LogP contribution is 2.10. The van der Waals surface area contributed by atoms with Crippen LogP contribution in [0.15, 0.2) is 24.3 Å². The van der Waals surface area contributed by atoms with Crippen molar-refractivity contribution in [2.24, 2.45) is 5.92 Å². The lowest BCUT2D eigenvalue weighted by atomic mass is 10.1. The van der Waals surface area contributed by atoms with Crippen LogP contribution in [0.2, 0.25) is 0 Å². The van der Waals surface area contributed by atoms with Crippen molar-refractivity contribution in [3.8, 4) is 0 Å². The fourth-order valence-corrected chi connectivity index (χ4v) is 2.32. The van der Waals surface area contributed by atoms with Gasteiger partial charge in [0.2, 0.25) is 0 Å². The first-order chi connectivity index (χ1) is 8.34. The maximum Gasteiger partial charge on any atom is 0.123 e. The SMILES string of the molecule is Fc1cccc(CCNCCC2CCNC2)c1. The monoisotopic (exact) mass is 236 g/mol. The summed E-state index contributed by atoms with van der Waals surface area (Å²) in [5.74, 6) is 0.705. The van der Waals surface area contributed by atoms with Gasteiger partial charge in [0.1, 0.15) is 5.82 Å². The molecule has 0 saturated carbocycles. The second kappa shape index (κ2) is 6.72. The Labute approximate surface area is 103 Å². The van der Waals surface area contributed by atoms with Crippen molar-refractivity contribution in [2.75, 3.05) is 26.2 Å². The van der Waals surface area contributed by atoms with Gasteiger partial charge in [0, 0.05) is 0 Å². The molecule has 0 radical (unpaired) electrons. The van der Waals surface area contributed by atoms with Crippen LogP contribution in [0.25, 0.3) is 0 Å². The Bertz CT molecular complexity index is 335. The largest absolute Gasteiger partial charge is 0.316 e. The van der Waals surface area contributed by atoms with Gasteiger partial charge < -0.3 is 10.6 Å². The Balaban J connectivity index is 1.56. The van der Waals surface area contributed by atoms with Crippen molar-refractivity contribution in [1.29, 1.82) is 0 Å². The van der Waals surface area contributed by atoms with E-state index in [1.807, 2.05) is 6.07 Å². The maximum absolute atomic E-state index is 12.9. The third kappa shape index (κ3) is 4.44. The van der Waals surface area contributed by atoms with Crippen molar-refractivity contribution in [2.45, 2.75) is 19.3 Å². The zero-order valence-electron chi connectivity index (χ0n) is 10.2. The molecule has 1 aromatic carbocycles. The molecule has 1 aliphatic rings. The van der Waals surface area contributed by atoms with E-state index < -0.39 is 0 Å². The molecular weight excluding hydrogens is 215 g/mol. The number of hydrogen-bond acceptors (Lipinski definition) is 2. The minimum Gasteiger partial charge on any atom is -0.316 e. The second-order valence-electron chi connectivity index (χ2n) is 4.78. The van der Waals surface area contributed by atoms with Crippen molar-refractivity contribution >= 4 is 0 Å². The summed E-state index contributed by atoms with van der Waals surface area (Å²) in [6, 6.07) is 6.85. The van der Waals surface area contributed by atoms with Crippen molar-refractivity contribution in [3.05, 3.63) is 35.6 Å². The summed E-state index contributed by atoms with van der Waals surface area (Å²) in [7, 11) is 0. The summed E-state index contributed by atoms with van der Waals surface area (Å²) in [5, 5.41) is 6.81. The molecule has 1 aliphatic heterocycles. The van der Waals surface area contributed by atoms with E-state index in [2.05, 4.69) is 10.6 Å². The lowest BCUT2D eigenvalue weighted by molar-refractivity contribution is 0.501. The second-order valence-corrected chi connectivity index (χ2v) is 4.78. The normalized spacial score (nSPS) is 19.7. The van der Waals surface area contributed by atoms with Crippen LogP contribution in [0.5, 0.6) is 0 Å². The summed E-state index contributed by atoms with van der Waals surface area (Å²) < 4.78 is 12.9. The topological polar surface area (TPSA) is 24.1 Å². The standard InChI is InChI=1S/C14H21FN2/c15-14-3-1-2-12(10-14)4-7-16-8-5-13-6-9-17-11-13/h1-3,10,13,16-17H,4-9,11H2. The highest BCUT2D eigenvalue weighted by molar-refractivity contribution is 5.16. The smallest absolute Gasteiger partial charge is 0.123 e. The number of benzene rings is 1. The summed E-state index contributed by atoms with van der Waals surface area (Å²) in [6.45, 7) is 4.35. The molecule has 2 rings (SSSR count). The van der Waals surface area contributed by atoms with Gasteiger partial charge in [0.15, 0.2) is 0 Å². The van der Waals surface area contributed by atoms with Crippen LogP contribution in [0.4, 0.5) is 4.39 Å². The van der Waals surface area contributed by atoms with E-state index in [4.69, 9.17) is 0 Å². The fourth-order valence-electron chi connectivity index (χ4n) is 2.32. The number of hydrogen-bond donors (Lipinski definition) is 2. The Morgan fingerprint density at radius 3 is 3.06 bits per heavy atom. The molecule has 2 nitrogen and oxygen atoms in total. The van der Waals surface area contributed by atoms with Crippen LogP contribution < -0.4 is 10.6 Å². The van der Waals surface area contributed by atoms with Crippen LogP contribution in [-0.2, 0) is 6.42 Å². The lowest BCUT2D eigenvalue weighted by Gasteiger charge is -2.09. The molecule has 1 fully saturated rings. The Morgan fingerprint density at radius 1 is 1.35 bits per heavy atom. The molecule has 1 unspecified atom stereocenters. The van der Waals surface area contributed by atoms with Crippen LogP contribution >= 0.6 is 0 Å². The zero-order valence-corrected chi connectivity index (χ0v) is 10.2. The summed E-state index contributed by atoms with van der Waals surface area (Å²) in [6.07, 6.45) is 3.46. The molecule has 1 atom stereocenters. The van der Waals surface area contributed by atoms with E-state index in [1.54, 1.807) is 12.1 Å². The molecule has 0 spiro atoms. The van der Waals surface area contributed by atoms with Gasteiger partial charge in [0.05, 0.1) is 0 Å². The summed E-state index contributed by atoms with van der Waals surface area (Å²) >= 11 is 0. The van der Waals surface area contributed by atoms with E-state index in [9.17, 15) is 4.39 Å². The number of nitrogens with one attached hydrogen (secondary N) is 2. The van der Waals surface area contributed by atoms with Gasteiger partial charge >= 0.3 is 0 Å². The molecule has 17 heavy (non-hydrogen) atoms. The predicted octanol–water partition coefficient (Wildman–Crippen LogP) is 1.96. The molecule has 1 saturated heterocycles. The molecule has 94 valence electrons. The first-order valence-corrected chi connectivity index (χ1v) is 6.50. The van der Waals surface area contributed by atoms with Crippen molar-refractivity contribution < 1.29 is 4.39 Å². The Kier molecular flexibility index (Phi) is 4.95. The van der Waals surface area contributed by atoms with Crippen LogP contribution in [0.1, 0.15) is 18.4 Å². The van der Waals surface area contributed by atoms with Gasteiger partial charge in [-0.15, -0.1) is 0 Å². The fraction of sp³-hybridized carbons (Fsp3) is 0.571. The van der Waals surface area contributed by atoms with Gasteiger partial charge in [-0.1, -0.05) is 12.1 Å². The summed E-state index contributed by atoms with van der Waals surface area (Å²) in [4.78, 5) is 0. The molecule has 1 aromatic rings. The van der Waals surface area contributed by atoms with E-state index in [0.717, 1.165) is 31.0 Å². The van der Waals surface area contributed by atoms with E-state index >= 15 is 0 Å². The minimum atomic E-state index is -0.139. The van der Waals surface area contributed by atoms with Crippen LogP contribution in [0.3, 0.4) is 0 Å². The van der Waals surface area contributed by atoms with E-state index in [0.29, 0.717) is 0 Å². The minimum absolute atomic E-state index is 0.139. The molecule has 2 N–H and O–H groups in total. The maximum atomic E-state index is 12.9. The molecule has 0 aliphatic carbocycles. The molecule has 0 bridgehead atoms. The van der Waals surface area contributed by atoms with Gasteiger partial charge in [-0.05, 0) is 69.1 Å². The van der Waals surface area contributed by atoms with E-state index in [1.165, 1.54) is 32.0 Å². The molecule has 3 heteroatoms. The highest BCUT2D eigenvalue weighted by atomic mass is 19.1. The Morgan fingerprint density at radius 2 is 2.29 bits per heavy atom. The van der Waals surface area contributed by atoms with Gasteiger partial charge in [0.25, 0.3) is 0 Å². The van der Waals surface area contributed by atoms with Crippen molar-refractivity contribution in [1.82, 2.24) is 10.6 Å². The molecular formula is C14H21FN2. The molecule has 0 amide bonds. The highest BCUT2D eigenvalue weighted by Gasteiger charge is 2.12. The molecule has 0 aromatic heterocycles. The van der Waals surface area contributed by atoms with Crippen LogP contribution in [0, 0.1) is 11.7 Å². The summed E-state index contributed by atoms with van der Waals surface area (Å²) in [5.41, 5.74) is 1.07. The quantitative estimate of drug-likeness (QED) is 0.738. The first kappa shape index (κ1) is 12.5. The Hall–Kier alpha value is -0.930. The third-order valence-corrected chi connectivity index (χ3v) is 3.37. The van der Waals surface area contributed by atoms with Gasteiger partial charge in [-0.2, -0.15) is 0 Å². The van der Waals surface area contributed by atoms with Crippen LogP contribution in [-0.4, -0.2) is 26.2 Å². The molecule has 1 heterocycles. The lowest BCUT2D eigenvalue weighted by Crippen LogP contribution is -2.21. The van der Waals surface area contributed by atoms with Gasteiger partial charge in [-0.25, -0.2) is 4.39 Å².